The van der Waals surface area contributed by atoms with Crippen LogP contribution in [0.15, 0.2) is 0 Å². The van der Waals surface area contributed by atoms with Crippen molar-refractivity contribution < 1.29 is 38.0 Å². The maximum atomic E-state index is 11.5. The van der Waals surface area contributed by atoms with Crippen LogP contribution in [0, 0.1) is 0 Å². The van der Waals surface area contributed by atoms with Crippen molar-refractivity contribution in [3.05, 3.63) is 0 Å². The van der Waals surface area contributed by atoms with Crippen molar-refractivity contribution in [1.29, 1.82) is 0 Å². The Morgan fingerprint density at radius 3 is 1.62 bits per heavy atom. The normalized spacial score (nSPS) is 18.3. The van der Waals surface area contributed by atoms with Gasteiger partial charge < -0.3 is 4.89 Å². The van der Waals surface area contributed by atoms with Crippen LogP contribution in [0.3, 0.4) is 0 Å². The summed E-state index contributed by atoms with van der Waals surface area (Å²) in [7, 11) is -3.86. The smallest absolute Gasteiger partial charge is 0.302 e. The summed E-state index contributed by atoms with van der Waals surface area (Å²) in [6.45, 7) is 7.56. The zero-order valence-corrected chi connectivity index (χ0v) is 14.7. The Labute approximate surface area is 111 Å². The molecule has 0 rings (SSSR count). The summed E-state index contributed by atoms with van der Waals surface area (Å²) in [5.41, 5.74) is 0. The molecule has 94 valence electrons. The van der Waals surface area contributed by atoms with Gasteiger partial charge in [-0.05, 0) is 26.7 Å². The quantitative estimate of drug-likeness (QED) is 0.551. The molecule has 0 aromatic rings. The molecule has 0 bridgehead atoms. The maximum absolute atomic E-state index is 11.5. The molecule has 0 aliphatic rings. The zero-order valence-electron chi connectivity index (χ0n) is 10.8. The Morgan fingerprint density at radius 1 is 1.06 bits per heavy atom. The van der Waals surface area contributed by atoms with Gasteiger partial charge in [0.1, 0.15) is 0 Å². The van der Waals surface area contributed by atoms with Crippen molar-refractivity contribution in [3.63, 3.8) is 0 Å². The van der Waals surface area contributed by atoms with Crippen LogP contribution in [0.5, 0.6) is 0 Å². The van der Waals surface area contributed by atoms with Gasteiger partial charge >= 0.3 is 7.82 Å². The Hall–Kier alpha value is 0.733. The number of hydrogen-bond donors (Lipinski definition) is 1. The van der Waals surface area contributed by atoms with Crippen LogP contribution in [0.25, 0.3) is 0 Å². The summed E-state index contributed by atoms with van der Waals surface area (Å²) < 4.78 is 21.5. The van der Waals surface area contributed by atoms with Gasteiger partial charge in [-0.3, -0.25) is 9.05 Å². The van der Waals surface area contributed by atoms with E-state index in [2.05, 4.69) is 0 Å². The summed E-state index contributed by atoms with van der Waals surface area (Å²) in [6, 6.07) is 0. The second-order valence-corrected chi connectivity index (χ2v) is 5.24. The van der Waals surface area contributed by atoms with Gasteiger partial charge in [0.25, 0.3) is 0 Å². The summed E-state index contributed by atoms with van der Waals surface area (Å²) in [4.78, 5) is 9.42. The van der Waals surface area contributed by atoms with Crippen LogP contribution in [0.4, 0.5) is 0 Å². The van der Waals surface area contributed by atoms with Gasteiger partial charge in [0.05, 0.1) is 12.2 Å². The molecule has 0 aliphatic carbocycles. The second-order valence-electron chi connectivity index (χ2n) is 3.88. The molecule has 16 heavy (non-hydrogen) atoms. The van der Waals surface area contributed by atoms with E-state index in [0.29, 0.717) is 0 Å². The fraction of sp³-hybridized carbons (Fsp3) is 1.00. The zero-order chi connectivity index (χ0) is 11.9. The molecule has 0 saturated heterocycles. The minimum absolute atomic E-state index is 0. The van der Waals surface area contributed by atoms with Gasteiger partial charge in [0, 0.05) is 19.5 Å². The molecule has 1 N–H and O–H groups in total. The fourth-order valence-electron chi connectivity index (χ4n) is 1.40. The third-order valence-electron chi connectivity index (χ3n) is 2.02. The number of hydrogen-bond acceptors (Lipinski definition) is 3. The van der Waals surface area contributed by atoms with E-state index in [0.717, 1.165) is 25.7 Å². The van der Waals surface area contributed by atoms with Gasteiger partial charge in [-0.15, -0.1) is 0 Å². The van der Waals surface area contributed by atoms with E-state index in [4.69, 9.17) is 9.05 Å². The summed E-state index contributed by atoms with van der Waals surface area (Å²) in [6.07, 6.45) is 2.89. The number of phosphoric ester groups is 1. The SMILES string of the molecule is CCCC(C)OP(=O)(O)OC(C)CCC.[Zn]. The Morgan fingerprint density at radius 2 is 1.38 bits per heavy atom. The average molecular weight is 304 g/mol. The third-order valence-corrected chi connectivity index (χ3v) is 3.27. The Balaban J connectivity index is 0. The van der Waals surface area contributed by atoms with Crippen molar-refractivity contribution in [2.75, 3.05) is 0 Å². The van der Waals surface area contributed by atoms with Gasteiger partial charge in [0.15, 0.2) is 0 Å². The summed E-state index contributed by atoms with van der Waals surface area (Å²) in [5.74, 6) is 0. The molecule has 0 spiro atoms. The molecule has 0 fully saturated rings. The number of phosphoric acid groups is 1. The van der Waals surface area contributed by atoms with Crippen molar-refractivity contribution in [2.24, 2.45) is 0 Å². The third kappa shape index (κ3) is 9.92. The van der Waals surface area contributed by atoms with Crippen LogP contribution in [-0.4, -0.2) is 17.1 Å². The fourth-order valence-corrected chi connectivity index (χ4v) is 2.57. The predicted molar refractivity (Wildman–Crippen MR) is 60.7 cm³/mol. The first kappa shape index (κ1) is 19.1. The first-order valence-electron chi connectivity index (χ1n) is 5.60. The molecular formula is C10H23O4PZn. The van der Waals surface area contributed by atoms with E-state index in [1.165, 1.54) is 0 Å². The van der Waals surface area contributed by atoms with Crippen molar-refractivity contribution in [2.45, 2.75) is 65.6 Å². The minimum atomic E-state index is -3.86. The van der Waals surface area contributed by atoms with Crippen molar-refractivity contribution in [1.82, 2.24) is 0 Å². The monoisotopic (exact) mass is 302 g/mol. The van der Waals surface area contributed by atoms with E-state index < -0.39 is 7.82 Å². The summed E-state index contributed by atoms with van der Waals surface area (Å²) in [5, 5.41) is 0. The second kappa shape index (κ2) is 9.73. The molecular weight excluding hydrogens is 280 g/mol. The molecule has 0 saturated carbocycles. The molecule has 4 nitrogen and oxygen atoms in total. The predicted octanol–water partition coefficient (Wildman–Crippen LogP) is 3.49. The Bertz CT molecular complexity index is 195. The van der Waals surface area contributed by atoms with Gasteiger partial charge in [-0.25, -0.2) is 4.57 Å². The molecule has 0 radical (unpaired) electrons. The molecule has 0 aliphatic heterocycles. The van der Waals surface area contributed by atoms with Crippen LogP contribution in [0.1, 0.15) is 53.4 Å². The Kier molecular flexibility index (Phi) is 11.6. The molecule has 0 amide bonds. The average Bonchev–Trinajstić information content (AvgIpc) is 2.01. The molecule has 0 heterocycles. The van der Waals surface area contributed by atoms with Crippen LogP contribution in [-0.2, 0) is 33.1 Å². The molecule has 0 aromatic carbocycles. The van der Waals surface area contributed by atoms with E-state index in [1.807, 2.05) is 13.8 Å². The molecule has 2 atom stereocenters. The molecule has 2 unspecified atom stereocenters. The van der Waals surface area contributed by atoms with E-state index >= 15 is 0 Å². The topological polar surface area (TPSA) is 55.8 Å². The van der Waals surface area contributed by atoms with Crippen molar-refractivity contribution >= 4 is 7.82 Å². The van der Waals surface area contributed by atoms with Crippen LogP contribution < -0.4 is 0 Å². The van der Waals surface area contributed by atoms with Gasteiger partial charge in [-0.2, -0.15) is 0 Å². The molecule has 0 aromatic heterocycles. The minimum Gasteiger partial charge on any atom is -0.302 e. The first-order chi connectivity index (χ1) is 6.91. The van der Waals surface area contributed by atoms with Crippen LogP contribution in [0.2, 0.25) is 0 Å². The molecule has 6 heteroatoms. The standard InChI is InChI=1S/C10H23O4P.Zn/c1-5-7-9(3)13-15(11,12)14-10(4)8-6-2;/h9-10H,5-8H2,1-4H3,(H,11,12);. The van der Waals surface area contributed by atoms with Crippen molar-refractivity contribution in [3.8, 4) is 0 Å². The van der Waals surface area contributed by atoms with Crippen LogP contribution >= 0.6 is 7.82 Å². The number of rotatable bonds is 8. The van der Waals surface area contributed by atoms with E-state index in [1.54, 1.807) is 13.8 Å². The van der Waals surface area contributed by atoms with E-state index in [9.17, 15) is 9.46 Å². The van der Waals surface area contributed by atoms with Gasteiger partial charge in [-0.1, -0.05) is 26.7 Å². The maximum Gasteiger partial charge on any atom is 0.472 e. The van der Waals surface area contributed by atoms with E-state index in [-0.39, 0.29) is 31.7 Å². The largest absolute Gasteiger partial charge is 0.472 e. The first-order valence-corrected chi connectivity index (χ1v) is 7.10. The van der Waals surface area contributed by atoms with Gasteiger partial charge in [0.2, 0.25) is 0 Å². The summed E-state index contributed by atoms with van der Waals surface area (Å²) >= 11 is 0.